The molecule has 7 nitrogen and oxygen atoms in total. The molecule has 1 unspecified atom stereocenters. The molecule has 0 aliphatic heterocycles. The Bertz CT molecular complexity index is 1140. The lowest BCUT2D eigenvalue weighted by molar-refractivity contribution is -0.140. The Kier molecular flexibility index (Phi) is 10.5. The highest BCUT2D eigenvalue weighted by atomic mass is 35.5. The number of nitrogens with one attached hydrogen (secondary N) is 1. The Morgan fingerprint density at radius 3 is 2.46 bits per heavy atom. The molecule has 2 aromatic rings. The molecule has 2 aromatic carbocycles. The van der Waals surface area contributed by atoms with Crippen LogP contribution in [0.3, 0.4) is 0 Å². The first-order valence-corrected chi connectivity index (χ1v) is 13.7. The highest BCUT2D eigenvalue weighted by Crippen LogP contribution is 2.28. The first kappa shape index (κ1) is 28.6. The Balaban J connectivity index is 2.20. The minimum Gasteiger partial charge on any atom is -0.354 e. The highest BCUT2D eigenvalue weighted by molar-refractivity contribution is 7.92. The van der Waals surface area contributed by atoms with Crippen molar-refractivity contribution in [2.75, 3.05) is 23.7 Å². The molecule has 2 amide bonds. The lowest BCUT2D eigenvalue weighted by Crippen LogP contribution is -2.48. The van der Waals surface area contributed by atoms with Crippen LogP contribution in [-0.4, -0.2) is 50.5 Å². The van der Waals surface area contributed by atoms with Gasteiger partial charge in [-0.25, -0.2) is 12.8 Å². The van der Waals surface area contributed by atoms with Crippen molar-refractivity contribution in [3.05, 3.63) is 64.4 Å². The Morgan fingerprint density at radius 1 is 1.14 bits per heavy atom. The van der Waals surface area contributed by atoms with E-state index in [4.69, 9.17) is 11.6 Å². The van der Waals surface area contributed by atoms with E-state index in [2.05, 4.69) is 5.32 Å². The lowest BCUT2D eigenvalue weighted by Gasteiger charge is -2.29. The summed E-state index contributed by atoms with van der Waals surface area (Å²) in [5.74, 6) is -1.17. The molecule has 0 radical (unpaired) electrons. The van der Waals surface area contributed by atoms with E-state index in [1.807, 2.05) is 6.92 Å². The van der Waals surface area contributed by atoms with Gasteiger partial charge >= 0.3 is 0 Å². The van der Waals surface area contributed by atoms with Crippen molar-refractivity contribution in [2.24, 2.45) is 0 Å². The molecule has 0 bridgehead atoms. The first-order valence-electron chi connectivity index (χ1n) is 11.5. The number of carbonyl (C=O) groups is 2. The molecule has 35 heavy (non-hydrogen) atoms. The van der Waals surface area contributed by atoms with Gasteiger partial charge < -0.3 is 10.2 Å². The van der Waals surface area contributed by atoms with Crippen LogP contribution in [0.2, 0.25) is 5.02 Å². The van der Waals surface area contributed by atoms with Crippen molar-refractivity contribution in [3.63, 3.8) is 0 Å². The zero-order chi connectivity index (χ0) is 26.2. The zero-order valence-corrected chi connectivity index (χ0v) is 22.1. The normalized spacial score (nSPS) is 12.2. The van der Waals surface area contributed by atoms with Crippen molar-refractivity contribution in [1.82, 2.24) is 10.2 Å². The molecule has 0 aliphatic rings. The summed E-state index contributed by atoms with van der Waals surface area (Å²) in [6.07, 6.45) is 2.02. The second-order valence-electron chi connectivity index (χ2n) is 8.40. The monoisotopic (exact) mass is 525 g/mol. The van der Waals surface area contributed by atoms with Crippen molar-refractivity contribution < 1.29 is 22.4 Å². The molecule has 0 aliphatic carbocycles. The van der Waals surface area contributed by atoms with Crippen LogP contribution in [-0.2, 0) is 26.2 Å². The third kappa shape index (κ3) is 7.93. The van der Waals surface area contributed by atoms with E-state index in [-0.39, 0.29) is 37.7 Å². The molecule has 0 aromatic heterocycles. The summed E-state index contributed by atoms with van der Waals surface area (Å²) < 4.78 is 40.5. The predicted molar refractivity (Wildman–Crippen MR) is 137 cm³/mol. The second-order valence-corrected chi connectivity index (χ2v) is 10.7. The summed E-state index contributed by atoms with van der Waals surface area (Å²) in [4.78, 5) is 27.1. The van der Waals surface area contributed by atoms with Gasteiger partial charge in [0.15, 0.2) is 0 Å². The quantitative estimate of drug-likeness (QED) is 0.448. The number of hydrogen-bond acceptors (Lipinski definition) is 4. The fourth-order valence-corrected chi connectivity index (χ4v) is 4.82. The maximum absolute atomic E-state index is 14.3. The van der Waals surface area contributed by atoms with Crippen LogP contribution in [0.5, 0.6) is 0 Å². The third-order valence-corrected chi connectivity index (χ3v) is 7.26. The number of nitrogens with zero attached hydrogens (tertiary/aromatic N) is 2. The number of rotatable bonds is 12. The standard InChI is InChI=1S/C25H33ClFN3O4S/c1-5-15-28-25(32)19(3)29(17-20-10-6-7-12-22(20)27)24(31)14-9-16-30(35(4,33)34)23-13-8-11-21(26)18(23)2/h6-8,10-13,19H,5,9,14-17H2,1-4H3,(H,28,32). The van der Waals surface area contributed by atoms with Crippen LogP contribution in [0.1, 0.15) is 44.2 Å². The molecule has 0 spiro atoms. The maximum atomic E-state index is 14.3. The average molecular weight is 526 g/mol. The van der Waals surface area contributed by atoms with Crippen LogP contribution >= 0.6 is 11.6 Å². The lowest BCUT2D eigenvalue weighted by atomic mass is 10.1. The molecule has 0 fully saturated rings. The van der Waals surface area contributed by atoms with E-state index in [0.717, 1.165) is 12.7 Å². The van der Waals surface area contributed by atoms with Crippen LogP contribution in [0, 0.1) is 12.7 Å². The summed E-state index contributed by atoms with van der Waals surface area (Å²) in [6.45, 7) is 5.69. The van der Waals surface area contributed by atoms with Crippen LogP contribution in [0.15, 0.2) is 42.5 Å². The Labute approximate surface area is 212 Å². The van der Waals surface area contributed by atoms with Gasteiger partial charge in [0.1, 0.15) is 11.9 Å². The molecule has 0 saturated carbocycles. The molecule has 1 N–H and O–H groups in total. The summed E-state index contributed by atoms with van der Waals surface area (Å²) >= 11 is 6.17. The number of halogens is 2. The highest BCUT2D eigenvalue weighted by Gasteiger charge is 2.27. The van der Waals surface area contributed by atoms with Gasteiger partial charge in [0.2, 0.25) is 21.8 Å². The molecular weight excluding hydrogens is 493 g/mol. The van der Waals surface area contributed by atoms with Crippen molar-refractivity contribution in [3.8, 4) is 0 Å². The molecule has 0 saturated heterocycles. The second kappa shape index (κ2) is 12.9. The van der Waals surface area contributed by atoms with Gasteiger partial charge in [0.05, 0.1) is 11.9 Å². The summed E-state index contributed by atoms with van der Waals surface area (Å²) in [7, 11) is -3.63. The average Bonchev–Trinajstić information content (AvgIpc) is 2.80. The fraction of sp³-hybridized carbons (Fsp3) is 0.440. The van der Waals surface area contributed by atoms with Gasteiger partial charge in [0.25, 0.3) is 0 Å². The summed E-state index contributed by atoms with van der Waals surface area (Å²) in [6, 6.07) is 10.3. The van der Waals surface area contributed by atoms with E-state index in [1.165, 1.54) is 15.3 Å². The van der Waals surface area contributed by atoms with Crippen molar-refractivity contribution >= 4 is 39.1 Å². The minimum atomic E-state index is -3.63. The first-order chi connectivity index (χ1) is 16.5. The largest absolute Gasteiger partial charge is 0.354 e. The number of amides is 2. The Hall–Kier alpha value is -2.65. The number of hydrogen-bond donors (Lipinski definition) is 1. The van der Waals surface area contributed by atoms with Gasteiger partial charge in [0, 0.05) is 36.6 Å². The summed E-state index contributed by atoms with van der Waals surface area (Å²) in [5.41, 5.74) is 1.36. The molecule has 1 atom stereocenters. The SMILES string of the molecule is CCCNC(=O)C(C)N(Cc1ccccc1F)C(=O)CCCN(c1cccc(Cl)c1C)S(C)(=O)=O. The summed E-state index contributed by atoms with van der Waals surface area (Å²) in [5, 5.41) is 3.21. The predicted octanol–water partition coefficient (Wildman–Crippen LogP) is 4.28. The topological polar surface area (TPSA) is 86.8 Å². The molecule has 2 rings (SSSR count). The van der Waals surface area contributed by atoms with Crippen molar-refractivity contribution in [1.29, 1.82) is 0 Å². The van der Waals surface area contributed by atoms with E-state index < -0.39 is 21.9 Å². The minimum absolute atomic E-state index is 0.0223. The Morgan fingerprint density at radius 2 is 1.83 bits per heavy atom. The number of carbonyl (C=O) groups excluding carboxylic acids is 2. The number of sulfonamides is 1. The van der Waals surface area contributed by atoms with Crippen molar-refractivity contribution in [2.45, 2.75) is 52.6 Å². The molecule has 10 heteroatoms. The third-order valence-electron chi connectivity index (χ3n) is 5.68. The van der Waals surface area contributed by atoms with E-state index in [1.54, 1.807) is 50.2 Å². The smallest absolute Gasteiger partial charge is 0.242 e. The molecular formula is C25H33ClFN3O4S. The fourth-order valence-electron chi connectivity index (χ4n) is 3.64. The number of benzene rings is 2. The molecule has 0 heterocycles. The van der Waals surface area contributed by atoms with Gasteiger partial charge in [-0.3, -0.25) is 13.9 Å². The van der Waals surface area contributed by atoms with Crippen LogP contribution in [0.4, 0.5) is 10.1 Å². The van der Waals surface area contributed by atoms with Crippen LogP contribution in [0.25, 0.3) is 0 Å². The van der Waals surface area contributed by atoms with Crippen LogP contribution < -0.4 is 9.62 Å². The van der Waals surface area contributed by atoms with Gasteiger partial charge in [-0.15, -0.1) is 0 Å². The number of anilines is 1. The maximum Gasteiger partial charge on any atom is 0.242 e. The molecule has 192 valence electrons. The van der Waals surface area contributed by atoms with Gasteiger partial charge in [-0.05, 0) is 50.5 Å². The van der Waals surface area contributed by atoms with E-state index in [0.29, 0.717) is 28.4 Å². The zero-order valence-electron chi connectivity index (χ0n) is 20.6. The van der Waals surface area contributed by atoms with Gasteiger partial charge in [-0.1, -0.05) is 42.8 Å². The van der Waals surface area contributed by atoms with Gasteiger partial charge in [-0.2, -0.15) is 0 Å². The van der Waals surface area contributed by atoms with E-state index in [9.17, 15) is 22.4 Å². The van der Waals surface area contributed by atoms with E-state index >= 15 is 0 Å².